The van der Waals surface area contributed by atoms with Crippen molar-refractivity contribution in [2.75, 3.05) is 18.1 Å². The summed E-state index contributed by atoms with van der Waals surface area (Å²) in [6.07, 6.45) is 3.16. The van der Waals surface area contributed by atoms with E-state index >= 15 is 0 Å². The van der Waals surface area contributed by atoms with Crippen LogP contribution in [0.25, 0.3) is 10.9 Å². The third kappa shape index (κ3) is 6.02. The minimum atomic E-state index is -0.544. The molecule has 4 rings (SSSR count). The van der Waals surface area contributed by atoms with Crippen molar-refractivity contribution in [2.45, 2.75) is 20.3 Å². The van der Waals surface area contributed by atoms with Crippen molar-refractivity contribution in [3.05, 3.63) is 94.9 Å². The third-order valence-electron chi connectivity index (χ3n) is 5.75. The highest BCUT2D eigenvalue weighted by molar-refractivity contribution is 6.13. The van der Waals surface area contributed by atoms with Crippen molar-refractivity contribution in [1.29, 1.82) is 5.26 Å². The van der Waals surface area contributed by atoms with Gasteiger partial charge in [0.1, 0.15) is 6.54 Å². The summed E-state index contributed by atoms with van der Waals surface area (Å²) >= 11 is 0. The Morgan fingerprint density at radius 1 is 1.11 bits per heavy atom. The molecule has 1 amide bonds. The van der Waals surface area contributed by atoms with Gasteiger partial charge in [-0.3, -0.25) is 24.3 Å². The fraction of sp³-hybridized carbons (Fsp3) is 0.179. The van der Waals surface area contributed by atoms with Crippen LogP contribution in [0, 0.1) is 18.3 Å². The predicted molar refractivity (Wildman–Crippen MR) is 142 cm³/mol. The Morgan fingerprint density at radius 3 is 2.51 bits per heavy atom. The number of ketones is 1. The van der Waals surface area contributed by atoms with Crippen LogP contribution in [-0.4, -0.2) is 40.8 Å². The Labute approximate surface area is 220 Å². The Balaban J connectivity index is 0.00000380. The van der Waals surface area contributed by atoms with E-state index in [1.165, 1.54) is 11.1 Å². The number of aromatic nitrogens is 2. The van der Waals surface area contributed by atoms with Gasteiger partial charge in [0.2, 0.25) is 0 Å². The number of Topliss-reactive ketones (excluding diaryl/α,β-unsaturated/α-hetero) is 1. The quantitative estimate of drug-likeness (QED) is 0.265. The van der Waals surface area contributed by atoms with Crippen molar-refractivity contribution in [1.82, 2.24) is 9.97 Å². The number of nitriles is 1. The number of ether oxygens (including phenoxy) is 1. The molecule has 2 aromatic carbocycles. The Kier molecular flexibility index (Phi) is 8.77. The van der Waals surface area contributed by atoms with Crippen molar-refractivity contribution >= 4 is 46.7 Å². The van der Waals surface area contributed by atoms with Crippen LogP contribution < -0.4 is 4.90 Å². The molecule has 37 heavy (non-hydrogen) atoms. The lowest BCUT2D eigenvalue weighted by Crippen LogP contribution is -2.36. The summed E-state index contributed by atoms with van der Waals surface area (Å²) in [6.45, 7) is 3.43. The summed E-state index contributed by atoms with van der Waals surface area (Å²) in [6, 6.07) is 17.5. The molecule has 9 heteroatoms. The van der Waals surface area contributed by atoms with E-state index in [9.17, 15) is 14.4 Å². The molecule has 0 fully saturated rings. The van der Waals surface area contributed by atoms with Crippen LogP contribution in [0.1, 0.15) is 44.5 Å². The average Bonchev–Trinajstić information content (AvgIpc) is 3.23. The predicted octanol–water partition coefficient (Wildman–Crippen LogP) is 4.80. The molecule has 0 aliphatic carbocycles. The molecule has 0 saturated carbocycles. The van der Waals surface area contributed by atoms with Crippen LogP contribution in [0.3, 0.4) is 0 Å². The van der Waals surface area contributed by atoms with Gasteiger partial charge >= 0.3 is 5.97 Å². The van der Waals surface area contributed by atoms with Crippen LogP contribution in [-0.2, 0) is 16.0 Å². The van der Waals surface area contributed by atoms with Crippen LogP contribution in [0.2, 0.25) is 0 Å². The first kappa shape index (κ1) is 27.1. The monoisotopic (exact) mass is 516 g/mol. The molecule has 4 aromatic rings. The van der Waals surface area contributed by atoms with Crippen LogP contribution in [0.5, 0.6) is 0 Å². The molecule has 0 atom stereocenters. The topological polar surface area (TPSA) is 116 Å². The zero-order chi connectivity index (χ0) is 25.7. The van der Waals surface area contributed by atoms with E-state index in [1.807, 2.05) is 6.92 Å². The molecular formula is C28H25ClN4O4. The summed E-state index contributed by atoms with van der Waals surface area (Å²) in [5.74, 6) is -1.05. The van der Waals surface area contributed by atoms with Gasteiger partial charge in [0.25, 0.3) is 5.91 Å². The number of rotatable bonds is 8. The first-order valence-corrected chi connectivity index (χ1v) is 11.4. The molecule has 0 saturated heterocycles. The second-order valence-corrected chi connectivity index (χ2v) is 8.20. The van der Waals surface area contributed by atoms with Gasteiger partial charge in [-0.05, 0) is 61.9 Å². The fourth-order valence-corrected chi connectivity index (χ4v) is 4.07. The van der Waals surface area contributed by atoms with E-state index in [4.69, 9.17) is 10.00 Å². The van der Waals surface area contributed by atoms with Crippen molar-refractivity contribution in [3.63, 3.8) is 0 Å². The largest absolute Gasteiger partial charge is 0.465 e. The number of anilines is 1. The van der Waals surface area contributed by atoms with E-state index in [0.717, 1.165) is 11.1 Å². The highest BCUT2D eigenvalue weighted by Gasteiger charge is 2.24. The number of amides is 1. The van der Waals surface area contributed by atoms with Gasteiger partial charge in [0, 0.05) is 46.7 Å². The van der Waals surface area contributed by atoms with Crippen LogP contribution in [0.15, 0.2) is 67.0 Å². The van der Waals surface area contributed by atoms with Gasteiger partial charge in [-0.2, -0.15) is 5.26 Å². The number of aromatic amines is 1. The van der Waals surface area contributed by atoms with Gasteiger partial charge in [-0.15, -0.1) is 12.4 Å². The van der Waals surface area contributed by atoms with Crippen LogP contribution >= 0.6 is 12.4 Å². The highest BCUT2D eigenvalue weighted by atomic mass is 35.5. The number of hydrogen-bond donors (Lipinski definition) is 1. The smallest absolute Gasteiger partial charge is 0.326 e. The van der Waals surface area contributed by atoms with Gasteiger partial charge in [0.15, 0.2) is 5.78 Å². The van der Waals surface area contributed by atoms with E-state index < -0.39 is 11.9 Å². The number of aryl methyl sites for hydroxylation is 1. The van der Waals surface area contributed by atoms with Gasteiger partial charge in [-0.1, -0.05) is 12.1 Å². The number of nitrogens with one attached hydrogen (secondary N) is 1. The molecule has 0 aliphatic rings. The number of halogens is 1. The summed E-state index contributed by atoms with van der Waals surface area (Å²) in [5, 5.41) is 9.65. The first-order chi connectivity index (χ1) is 17.4. The van der Waals surface area contributed by atoms with E-state index in [0.29, 0.717) is 33.5 Å². The number of carbonyl (C=O) groups excluding carboxylic acids is 3. The number of nitrogens with zero attached hydrogens (tertiary/aromatic N) is 3. The molecule has 0 unspecified atom stereocenters. The highest BCUT2D eigenvalue weighted by Crippen LogP contribution is 2.29. The molecule has 0 spiro atoms. The molecule has 0 aliphatic heterocycles. The number of pyridine rings is 1. The maximum absolute atomic E-state index is 13.3. The maximum Gasteiger partial charge on any atom is 0.326 e. The second kappa shape index (κ2) is 12.0. The molecule has 0 radical (unpaired) electrons. The Morgan fingerprint density at radius 2 is 1.86 bits per heavy atom. The second-order valence-electron chi connectivity index (χ2n) is 8.20. The standard InChI is InChI=1S/C28H24N4O4.ClH/c1-3-36-26(34)17-32(28(35)21-5-4-12-30-16-21)22-10-11-24-23(14-22)27(18(2)31-24)25(33)13-19-6-8-20(15-29)9-7-19;/h4-12,14,16,31H,3,13,17H2,1-2H3;1H. The molecule has 8 nitrogen and oxygen atoms in total. The maximum atomic E-state index is 13.3. The number of fused-ring (bicyclic) bond motifs is 1. The van der Waals surface area contributed by atoms with Gasteiger partial charge < -0.3 is 9.72 Å². The van der Waals surface area contributed by atoms with Gasteiger partial charge in [0.05, 0.1) is 23.8 Å². The molecule has 2 heterocycles. The number of carbonyl (C=O) groups is 3. The number of esters is 1. The number of benzene rings is 2. The first-order valence-electron chi connectivity index (χ1n) is 11.4. The van der Waals surface area contributed by atoms with Crippen molar-refractivity contribution < 1.29 is 19.1 Å². The summed E-state index contributed by atoms with van der Waals surface area (Å²) in [4.78, 5) is 47.5. The molecular weight excluding hydrogens is 492 g/mol. The minimum absolute atomic E-state index is 0. The molecule has 188 valence electrons. The average molecular weight is 517 g/mol. The molecule has 2 aromatic heterocycles. The lowest BCUT2D eigenvalue weighted by Gasteiger charge is -2.22. The minimum Gasteiger partial charge on any atom is -0.465 e. The lowest BCUT2D eigenvalue weighted by molar-refractivity contribution is -0.141. The van der Waals surface area contributed by atoms with E-state index in [1.54, 1.807) is 67.7 Å². The Bertz CT molecular complexity index is 1470. The fourth-order valence-electron chi connectivity index (χ4n) is 4.07. The molecule has 0 bridgehead atoms. The third-order valence-corrected chi connectivity index (χ3v) is 5.75. The lowest BCUT2D eigenvalue weighted by atomic mass is 9.99. The van der Waals surface area contributed by atoms with Crippen molar-refractivity contribution in [3.8, 4) is 6.07 Å². The van der Waals surface area contributed by atoms with Crippen LogP contribution in [0.4, 0.5) is 5.69 Å². The number of H-pyrrole nitrogens is 1. The van der Waals surface area contributed by atoms with Gasteiger partial charge in [-0.25, -0.2) is 0 Å². The summed E-state index contributed by atoms with van der Waals surface area (Å²) in [7, 11) is 0. The summed E-state index contributed by atoms with van der Waals surface area (Å²) in [5.41, 5.74) is 4.06. The zero-order valence-electron chi connectivity index (χ0n) is 20.4. The Hall–Kier alpha value is -4.48. The van der Waals surface area contributed by atoms with E-state index in [-0.39, 0.29) is 37.8 Å². The SMILES string of the molecule is CCOC(=O)CN(C(=O)c1cccnc1)c1ccc2[nH]c(C)c(C(=O)Cc3ccc(C#N)cc3)c2c1.Cl. The number of hydrogen-bond acceptors (Lipinski definition) is 6. The van der Waals surface area contributed by atoms with E-state index in [2.05, 4.69) is 16.0 Å². The zero-order valence-corrected chi connectivity index (χ0v) is 21.2. The normalized spacial score (nSPS) is 10.3. The molecule has 1 N–H and O–H groups in total. The summed E-state index contributed by atoms with van der Waals surface area (Å²) < 4.78 is 5.09. The van der Waals surface area contributed by atoms with Crippen molar-refractivity contribution in [2.24, 2.45) is 0 Å².